The van der Waals surface area contributed by atoms with E-state index in [2.05, 4.69) is 47.3 Å². The first-order chi connectivity index (χ1) is 13.5. The number of phenols is 1. The Hall–Kier alpha value is -2.10. The summed E-state index contributed by atoms with van der Waals surface area (Å²) in [6.07, 6.45) is 1.50. The number of hydrogen-bond donors (Lipinski definition) is 2. The average molecular weight is 513 g/mol. The van der Waals surface area contributed by atoms with Crippen molar-refractivity contribution in [2.45, 2.75) is 0 Å². The maximum atomic E-state index is 12.3. The first-order valence-corrected chi connectivity index (χ1v) is 10.1. The average Bonchev–Trinajstić information content (AvgIpc) is 2.71. The lowest BCUT2D eigenvalue weighted by Crippen LogP contribution is -2.36. The zero-order valence-corrected chi connectivity index (χ0v) is 18.3. The van der Waals surface area contributed by atoms with Crippen LogP contribution in [0.1, 0.15) is 15.9 Å². The first-order valence-electron chi connectivity index (χ1n) is 8.51. The van der Waals surface area contributed by atoms with E-state index in [-0.39, 0.29) is 11.3 Å². The van der Waals surface area contributed by atoms with E-state index in [1.165, 1.54) is 12.3 Å². The van der Waals surface area contributed by atoms with Crippen LogP contribution in [0.3, 0.4) is 0 Å². The normalized spacial score (nSPS) is 14.3. The molecule has 3 rings (SSSR count). The Morgan fingerprint density at radius 1 is 1.29 bits per heavy atom. The summed E-state index contributed by atoms with van der Waals surface area (Å²) in [6, 6.07) is 8.96. The van der Waals surface area contributed by atoms with E-state index in [9.17, 15) is 9.90 Å². The third-order valence-corrected chi connectivity index (χ3v) is 5.30. The van der Waals surface area contributed by atoms with Gasteiger partial charge in [0.25, 0.3) is 5.91 Å². The molecule has 0 radical (unpaired) electrons. The summed E-state index contributed by atoms with van der Waals surface area (Å²) < 4.78 is 11.9. The van der Waals surface area contributed by atoms with Gasteiger partial charge >= 0.3 is 0 Å². The maximum Gasteiger partial charge on any atom is 0.275 e. The third-order valence-electron chi connectivity index (χ3n) is 4.24. The van der Waals surface area contributed by atoms with Crippen LogP contribution in [0.25, 0.3) is 0 Å². The highest BCUT2D eigenvalue weighted by atomic mass is 79.9. The number of phenolic OH excluding ortho intramolecular Hbond substituents is 1. The van der Waals surface area contributed by atoms with Crippen LogP contribution in [0.4, 0.5) is 5.69 Å². The van der Waals surface area contributed by atoms with Crippen molar-refractivity contribution in [1.29, 1.82) is 0 Å². The zero-order valence-electron chi connectivity index (χ0n) is 15.1. The van der Waals surface area contributed by atoms with Crippen molar-refractivity contribution >= 4 is 49.7 Å². The minimum Gasteiger partial charge on any atom is -0.506 e. The Kier molecular flexibility index (Phi) is 6.93. The molecule has 1 saturated heterocycles. The molecule has 7 nitrogen and oxygen atoms in total. The molecular formula is C19H19Br2N3O4. The minimum absolute atomic E-state index is 0.105. The second-order valence-electron chi connectivity index (χ2n) is 6.01. The number of ether oxygens (including phenoxy) is 2. The number of halogens is 2. The lowest BCUT2D eigenvalue weighted by molar-refractivity contribution is 0.0952. The van der Waals surface area contributed by atoms with E-state index in [4.69, 9.17) is 9.47 Å². The van der Waals surface area contributed by atoms with Crippen LogP contribution in [-0.2, 0) is 4.74 Å². The summed E-state index contributed by atoms with van der Waals surface area (Å²) in [5.41, 5.74) is 4.29. The van der Waals surface area contributed by atoms with Crippen LogP contribution in [0.5, 0.6) is 11.5 Å². The van der Waals surface area contributed by atoms with Gasteiger partial charge in [-0.05, 0) is 40.2 Å². The van der Waals surface area contributed by atoms with Gasteiger partial charge in [0.2, 0.25) is 0 Å². The number of anilines is 1. The van der Waals surface area contributed by atoms with Gasteiger partial charge in [-0.3, -0.25) is 4.79 Å². The van der Waals surface area contributed by atoms with Crippen molar-refractivity contribution in [3.8, 4) is 11.5 Å². The number of carbonyl (C=O) groups excluding carboxylic acids is 1. The number of carbonyl (C=O) groups is 1. The number of methoxy groups -OCH3 is 1. The van der Waals surface area contributed by atoms with Gasteiger partial charge in [0.15, 0.2) is 0 Å². The van der Waals surface area contributed by atoms with Crippen molar-refractivity contribution in [2.75, 3.05) is 38.3 Å². The molecule has 2 aromatic rings. The number of benzene rings is 2. The standard InChI is InChI=1S/C19H19Br2N3O4/c1-27-17-10-14(24-4-6-28-7-5-24)3-2-12(17)11-22-23-19(26)15-8-13(20)9-16(21)18(15)25/h2-3,8-11,25H,4-7H2,1H3,(H,23,26)/b22-11-. The Morgan fingerprint density at radius 3 is 2.75 bits per heavy atom. The summed E-state index contributed by atoms with van der Waals surface area (Å²) in [4.78, 5) is 14.5. The first kappa shape index (κ1) is 20.6. The molecule has 148 valence electrons. The summed E-state index contributed by atoms with van der Waals surface area (Å²) in [7, 11) is 1.59. The highest BCUT2D eigenvalue weighted by Gasteiger charge is 2.15. The molecule has 1 amide bonds. The van der Waals surface area contributed by atoms with Crippen LogP contribution in [-0.4, -0.2) is 50.6 Å². The second kappa shape index (κ2) is 9.40. The Bertz CT molecular complexity index is 899. The summed E-state index contributed by atoms with van der Waals surface area (Å²) in [6.45, 7) is 3.07. The molecule has 1 aliphatic heterocycles. The fraction of sp³-hybridized carbons (Fsp3) is 0.263. The van der Waals surface area contributed by atoms with Crippen LogP contribution >= 0.6 is 31.9 Å². The van der Waals surface area contributed by atoms with Gasteiger partial charge in [0.05, 0.1) is 36.6 Å². The molecule has 2 aromatic carbocycles. The van der Waals surface area contributed by atoms with Crippen LogP contribution in [0.2, 0.25) is 0 Å². The fourth-order valence-electron chi connectivity index (χ4n) is 2.78. The van der Waals surface area contributed by atoms with Crippen molar-refractivity contribution in [2.24, 2.45) is 5.10 Å². The number of aromatic hydroxyl groups is 1. The molecule has 0 spiro atoms. The van der Waals surface area contributed by atoms with Gasteiger partial charge in [-0.2, -0.15) is 5.10 Å². The van der Waals surface area contributed by atoms with Crippen LogP contribution < -0.4 is 15.1 Å². The lowest BCUT2D eigenvalue weighted by atomic mass is 10.1. The molecular weight excluding hydrogens is 494 g/mol. The third kappa shape index (κ3) is 4.84. The predicted molar refractivity (Wildman–Crippen MR) is 115 cm³/mol. The molecule has 1 aliphatic rings. The SMILES string of the molecule is COc1cc(N2CCOCC2)ccc1/C=N\NC(=O)c1cc(Br)cc(Br)c1O. The fourth-order valence-corrected chi connectivity index (χ4v) is 4.01. The highest BCUT2D eigenvalue weighted by molar-refractivity contribution is 9.11. The van der Waals surface area contributed by atoms with E-state index in [0.717, 1.165) is 24.3 Å². The van der Waals surface area contributed by atoms with Crippen molar-refractivity contribution < 1.29 is 19.4 Å². The molecule has 2 N–H and O–H groups in total. The molecule has 1 fully saturated rings. The molecule has 28 heavy (non-hydrogen) atoms. The molecule has 0 aromatic heterocycles. The second-order valence-corrected chi connectivity index (χ2v) is 7.78. The van der Waals surface area contributed by atoms with Gasteiger partial charge in [-0.1, -0.05) is 15.9 Å². The Morgan fingerprint density at radius 2 is 2.04 bits per heavy atom. The van der Waals surface area contributed by atoms with E-state index in [1.54, 1.807) is 13.2 Å². The van der Waals surface area contributed by atoms with E-state index < -0.39 is 5.91 Å². The number of hydrazone groups is 1. The van der Waals surface area contributed by atoms with Gasteiger partial charge in [-0.15, -0.1) is 0 Å². The summed E-state index contributed by atoms with van der Waals surface area (Å²) >= 11 is 6.49. The molecule has 0 saturated carbocycles. The van der Waals surface area contributed by atoms with Gasteiger partial charge < -0.3 is 19.5 Å². The Labute approximate surface area is 179 Å². The van der Waals surface area contributed by atoms with Gasteiger partial charge in [0.1, 0.15) is 11.5 Å². The number of morpholine rings is 1. The Balaban J connectivity index is 1.72. The monoisotopic (exact) mass is 511 g/mol. The van der Waals surface area contributed by atoms with Crippen LogP contribution in [0.15, 0.2) is 44.4 Å². The minimum atomic E-state index is -0.528. The smallest absolute Gasteiger partial charge is 0.275 e. The lowest BCUT2D eigenvalue weighted by Gasteiger charge is -2.29. The maximum absolute atomic E-state index is 12.3. The number of amides is 1. The largest absolute Gasteiger partial charge is 0.506 e. The molecule has 0 bridgehead atoms. The summed E-state index contributed by atoms with van der Waals surface area (Å²) in [5, 5.41) is 14.0. The van der Waals surface area contributed by atoms with E-state index >= 15 is 0 Å². The van der Waals surface area contributed by atoms with Crippen molar-refractivity contribution in [3.05, 3.63) is 50.4 Å². The predicted octanol–water partition coefficient (Wildman–Crippen LogP) is 3.53. The van der Waals surface area contributed by atoms with Crippen molar-refractivity contribution in [3.63, 3.8) is 0 Å². The zero-order chi connectivity index (χ0) is 20.1. The van der Waals surface area contributed by atoms with E-state index in [0.29, 0.717) is 27.9 Å². The molecule has 0 atom stereocenters. The molecule has 1 heterocycles. The van der Waals surface area contributed by atoms with Gasteiger partial charge in [-0.25, -0.2) is 5.43 Å². The number of nitrogens with zero attached hydrogens (tertiary/aromatic N) is 2. The summed E-state index contributed by atoms with van der Waals surface area (Å²) in [5.74, 6) is -0.0296. The quantitative estimate of drug-likeness (QED) is 0.473. The number of rotatable bonds is 5. The van der Waals surface area contributed by atoms with Crippen LogP contribution in [0, 0.1) is 0 Å². The molecule has 0 aliphatic carbocycles. The molecule has 9 heteroatoms. The topological polar surface area (TPSA) is 83.4 Å². The number of nitrogens with one attached hydrogen (secondary N) is 1. The van der Waals surface area contributed by atoms with E-state index in [1.807, 2.05) is 18.2 Å². The highest BCUT2D eigenvalue weighted by Crippen LogP contribution is 2.31. The van der Waals surface area contributed by atoms with Crippen molar-refractivity contribution in [1.82, 2.24) is 5.43 Å². The number of hydrogen-bond acceptors (Lipinski definition) is 6. The molecule has 0 unspecified atom stereocenters. The van der Waals surface area contributed by atoms with Gasteiger partial charge in [0, 0.05) is 34.9 Å².